The van der Waals surface area contributed by atoms with Crippen LogP contribution in [0.5, 0.6) is 0 Å². The van der Waals surface area contributed by atoms with Crippen molar-refractivity contribution in [3.05, 3.63) is 40.8 Å². The molecule has 0 saturated carbocycles. The van der Waals surface area contributed by atoms with Crippen LogP contribution in [-0.4, -0.2) is 50.1 Å². The predicted octanol–water partition coefficient (Wildman–Crippen LogP) is 1.66. The fourth-order valence-electron chi connectivity index (χ4n) is 2.57. The van der Waals surface area contributed by atoms with Crippen LogP contribution in [0.25, 0.3) is 0 Å². The zero-order chi connectivity index (χ0) is 20.4. The second-order valence-electron chi connectivity index (χ2n) is 6.11. The Balaban J connectivity index is 1.91. The second kappa shape index (κ2) is 10.4. The molecule has 1 atom stereocenters. The summed E-state index contributed by atoms with van der Waals surface area (Å²) in [4.78, 5) is 47.2. The lowest BCUT2D eigenvalue weighted by Crippen LogP contribution is -2.45. The molecule has 2 rings (SSSR count). The molecular weight excluding hydrogens is 372 g/mol. The fraction of sp³-hybridized carbons (Fsp3) is 0.500. The SMILES string of the molecule is COC(=O)[C@H](CC(=O)OC1(N=O)CCOCC1)NC(=O)OCc1ccccc1. The molecule has 1 aliphatic rings. The van der Waals surface area contributed by atoms with Gasteiger partial charge in [-0.2, -0.15) is 0 Å². The first-order valence-electron chi connectivity index (χ1n) is 8.67. The number of rotatable bonds is 8. The second-order valence-corrected chi connectivity index (χ2v) is 6.11. The van der Waals surface area contributed by atoms with Crippen molar-refractivity contribution in [2.45, 2.75) is 37.6 Å². The molecule has 0 bridgehead atoms. The maximum Gasteiger partial charge on any atom is 0.408 e. The monoisotopic (exact) mass is 394 g/mol. The van der Waals surface area contributed by atoms with E-state index in [-0.39, 0.29) is 32.7 Å². The van der Waals surface area contributed by atoms with E-state index in [2.05, 4.69) is 15.2 Å². The highest BCUT2D eigenvalue weighted by molar-refractivity contribution is 5.86. The van der Waals surface area contributed by atoms with Gasteiger partial charge in [0.05, 0.1) is 26.7 Å². The van der Waals surface area contributed by atoms with Crippen molar-refractivity contribution in [3.63, 3.8) is 0 Å². The minimum Gasteiger partial charge on any atom is -0.467 e. The van der Waals surface area contributed by atoms with E-state index in [1.54, 1.807) is 24.3 Å². The number of ether oxygens (including phenoxy) is 4. The molecule has 1 heterocycles. The fourth-order valence-corrected chi connectivity index (χ4v) is 2.57. The van der Waals surface area contributed by atoms with E-state index in [1.807, 2.05) is 6.07 Å². The zero-order valence-electron chi connectivity index (χ0n) is 15.4. The Kier molecular flexibility index (Phi) is 7.88. The van der Waals surface area contributed by atoms with E-state index in [9.17, 15) is 19.3 Å². The number of nitroso groups, excluding NO2 is 1. The van der Waals surface area contributed by atoms with Gasteiger partial charge in [0, 0.05) is 12.8 Å². The molecule has 10 nitrogen and oxygen atoms in total. The third kappa shape index (κ3) is 6.31. The molecule has 1 aromatic carbocycles. The van der Waals surface area contributed by atoms with E-state index in [1.165, 1.54) is 0 Å². The highest BCUT2D eigenvalue weighted by Gasteiger charge is 2.39. The van der Waals surface area contributed by atoms with Gasteiger partial charge >= 0.3 is 18.0 Å². The quantitative estimate of drug-likeness (QED) is 0.400. The Morgan fingerprint density at radius 1 is 1.21 bits per heavy atom. The third-order valence-electron chi connectivity index (χ3n) is 4.11. The molecule has 1 aliphatic heterocycles. The number of carbonyl (C=O) groups is 3. The van der Waals surface area contributed by atoms with Crippen LogP contribution in [0.2, 0.25) is 0 Å². The van der Waals surface area contributed by atoms with Crippen molar-refractivity contribution in [2.24, 2.45) is 5.18 Å². The molecule has 0 aromatic heterocycles. The van der Waals surface area contributed by atoms with Crippen molar-refractivity contribution in [1.82, 2.24) is 5.32 Å². The number of alkyl carbamates (subject to hydrolysis) is 1. The van der Waals surface area contributed by atoms with Gasteiger partial charge in [-0.25, -0.2) is 9.59 Å². The van der Waals surface area contributed by atoms with Gasteiger partial charge in [-0.05, 0) is 10.7 Å². The minimum atomic E-state index is -1.52. The smallest absolute Gasteiger partial charge is 0.408 e. The molecule has 1 saturated heterocycles. The minimum absolute atomic E-state index is 0.0107. The van der Waals surface area contributed by atoms with E-state index in [0.29, 0.717) is 0 Å². The molecule has 28 heavy (non-hydrogen) atoms. The standard InChI is InChI=1S/C18H22N2O8/c1-25-16(22)14(19-17(23)27-12-13-5-3-2-4-6-13)11-15(21)28-18(20-24)7-9-26-10-8-18/h2-6,14H,7-12H2,1H3,(H,19,23)/t14-/m0/s1. The Bertz CT molecular complexity index is 688. The third-order valence-corrected chi connectivity index (χ3v) is 4.11. The first-order valence-corrected chi connectivity index (χ1v) is 8.67. The predicted molar refractivity (Wildman–Crippen MR) is 94.9 cm³/mol. The van der Waals surface area contributed by atoms with Crippen molar-refractivity contribution in [2.75, 3.05) is 20.3 Å². The maximum absolute atomic E-state index is 12.2. The van der Waals surface area contributed by atoms with Gasteiger partial charge in [-0.3, -0.25) is 4.79 Å². The molecule has 152 valence electrons. The van der Waals surface area contributed by atoms with Crippen molar-refractivity contribution in [3.8, 4) is 0 Å². The first-order chi connectivity index (χ1) is 13.5. The van der Waals surface area contributed by atoms with Gasteiger partial charge in [0.25, 0.3) is 0 Å². The van der Waals surface area contributed by atoms with Crippen LogP contribution in [0.3, 0.4) is 0 Å². The van der Waals surface area contributed by atoms with Crippen LogP contribution in [0.15, 0.2) is 35.5 Å². The summed E-state index contributed by atoms with van der Waals surface area (Å²) in [5.41, 5.74) is -0.769. The summed E-state index contributed by atoms with van der Waals surface area (Å²) in [5, 5.41) is 5.18. The lowest BCUT2D eigenvalue weighted by molar-refractivity contribution is -0.170. The number of methoxy groups -OCH3 is 1. The number of carbonyl (C=O) groups excluding carboxylic acids is 3. The van der Waals surface area contributed by atoms with E-state index >= 15 is 0 Å². The van der Waals surface area contributed by atoms with Gasteiger partial charge < -0.3 is 24.3 Å². The highest BCUT2D eigenvalue weighted by Crippen LogP contribution is 2.27. The lowest BCUT2D eigenvalue weighted by atomic mass is 10.1. The van der Waals surface area contributed by atoms with Crippen LogP contribution in [0.4, 0.5) is 4.79 Å². The summed E-state index contributed by atoms with van der Waals surface area (Å²) in [6.07, 6.45) is -1.19. The van der Waals surface area contributed by atoms with E-state index < -0.39 is 36.2 Å². The molecule has 10 heteroatoms. The molecule has 1 N–H and O–H groups in total. The van der Waals surface area contributed by atoms with E-state index in [4.69, 9.17) is 14.2 Å². The normalized spacial score (nSPS) is 16.3. The van der Waals surface area contributed by atoms with Gasteiger partial charge in [0.2, 0.25) is 5.72 Å². The van der Waals surface area contributed by atoms with E-state index in [0.717, 1.165) is 12.7 Å². The molecule has 0 aliphatic carbocycles. The first kappa shape index (κ1) is 21.3. The number of benzene rings is 1. The van der Waals surface area contributed by atoms with Crippen LogP contribution in [-0.2, 0) is 35.1 Å². The Labute approximate surface area is 161 Å². The van der Waals surface area contributed by atoms with Crippen LogP contribution >= 0.6 is 0 Å². The van der Waals surface area contributed by atoms with Crippen molar-refractivity contribution in [1.29, 1.82) is 0 Å². The zero-order valence-corrected chi connectivity index (χ0v) is 15.4. The Morgan fingerprint density at radius 3 is 2.50 bits per heavy atom. The van der Waals surface area contributed by atoms with Gasteiger partial charge in [0.15, 0.2) is 0 Å². The lowest BCUT2D eigenvalue weighted by Gasteiger charge is -2.30. The number of esters is 2. The maximum atomic E-state index is 12.2. The largest absolute Gasteiger partial charge is 0.467 e. The molecule has 1 fully saturated rings. The summed E-state index contributed by atoms with van der Waals surface area (Å²) in [7, 11) is 1.12. The van der Waals surface area contributed by atoms with Crippen molar-refractivity contribution >= 4 is 18.0 Å². The average molecular weight is 394 g/mol. The topological polar surface area (TPSA) is 130 Å². The number of nitrogens with one attached hydrogen (secondary N) is 1. The van der Waals surface area contributed by atoms with Crippen LogP contribution < -0.4 is 5.32 Å². The number of amides is 1. The number of hydrogen-bond donors (Lipinski definition) is 1. The molecule has 0 spiro atoms. The van der Waals surface area contributed by atoms with Crippen LogP contribution in [0.1, 0.15) is 24.8 Å². The molecule has 1 aromatic rings. The van der Waals surface area contributed by atoms with Crippen LogP contribution in [0, 0.1) is 4.91 Å². The Hall–Kier alpha value is -3.01. The Morgan fingerprint density at radius 2 is 1.89 bits per heavy atom. The average Bonchev–Trinajstić information content (AvgIpc) is 2.72. The molecule has 1 amide bonds. The molecule has 0 unspecified atom stereocenters. The summed E-state index contributed by atoms with van der Waals surface area (Å²) >= 11 is 0. The summed E-state index contributed by atoms with van der Waals surface area (Å²) in [5.74, 6) is -1.73. The molecular formula is C18H22N2O8. The number of nitrogens with zero attached hydrogens (tertiary/aromatic N) is 1. The van der Waals surface area contributed by atoms with Gasteiger partial charge in [-0.15, -0.1) is 4.91 Å². The summed E-state index contributed by atoms with van der Waals surface area (Å²) in [6.45, 7) is 0.441. The highest BCUT2D eigenvalue weighted by atomic mass is 16.6. The van der Waals surface area contributed by atoms with Crippen molar-refractivity contribution < 1.29 is 33.3 Å². The van der Waals surface area contributed by atoms with Gasteiger partial charge in [-0.1, -0.05) is 30.3 Å². The van der Waals surface area contributed by atoms with Gasteiger partial charge in [0.1, 0.15) is 12.6 Å². The summed E-state index contributed by atoms with van der Waals surface area (Å²) in [6, 6.07) is 7.60. The summed E-state index contributed by atoms with van der Waals surface area (Å²) < 4.78 is 19.9. The number of hydrogen-bond acceptors (Lipinski definition) is 9. The molecule has 0 radical (unpaired) electrons.